The van der Waals surface area contributed by atoms with E-state index in [0.29, 0.717) is 6.04 Å². The van der Waals surface area contributed by atoms with Crippen molar-refractivity contribution in [1.29, 1.82) is 0 Å². The summed E-state index contributed by atoms with van der Waals surface area (Å²) < 4.78 is 0. The summed E-state index contributed by atoms with van der Waals surface area (Å²) in [6, 6.07) is 2.64. The van der Waals surface area contributed by atoms with Crippen LogP contribution in [0.25, 0.3) is 0 Å². The molecule has 2 rings (SSSR count). The summed E-state index contributed by atoms with van der Waals surface area (Å²) in [4.78, 5) is 11.6. The van der Waals surface area contributed by atoms with Gasteiger partial charge in [-0.1, -0.05) is 18.7 Å². The van der Waals surface area contributed by atoms with Crippen LogP contribution in [0.15, 0.2) is 11.2 Å². The van der Waals surface area contributed by atoms with Crippen LogP contribution in [0.2, 0.25) is 0 Å². The maximum Gasteiger partial charge on any atom is 0.191 e. The van der Waals surface area contributed by atoms with Gasteiger partial charge < -0.3 is 10.2 Å². The third-order valence-corrected chi connectivity index (χ3v) is 4.21. The predicted molar refractivity (Wildman–Crippen MR) is 83.2 cm³/mol. The molecule has 1 aliphatic rings. The fourth-order valence-electron chi connectivity index (χ4n) is 2.67. The second-order valence-electron chi connectivity index (χ2n) is 5.30. The molecule has 1 fully saturated rings. The van der Waals surface area contributed by atoms with Gasteiger partial charge in [0.25, 0.3) is 0 Å². The van der Waals surface area contributed by atoms with E-state index >= 15 is 0 Å². The van der Waals surface area contributed by atoms with E-state index in [-0.39, 0.29) is 0 Å². The topological polar surface area (TPSA) is 41.0 Å². The predicted octanol–water partition coefficient (Wildman–Crippen LogP) is 3.26. The average molecular weight is 280 g/mol. The van der Waals surface area contributed by atoms with Gasteiger partial charge in [0.05, 0.1) is 0 Å². The summed E-state index contributed by atoms with van der Waals surface area (Å²) >= 11 is 1.60. The molecule has 0 saturated carbocycles. The Bertz CT molecular complexity index is 424. The van der Waals surface area contributed by atoms with E-state index in [1.807, 2.05) is 6.26 Å². The van der Waals surface area contributed by atoms with E-state index in [9.17, 15) is 0 Å². The molecule has 2 unspecified atom stereocenters. The molecule has 0 spiro atoms. The first-order valence-corrected chi connectivity index (χ1v) is 8.30. The number of hydrogen-bond donors (Lipinski definition) is 1. The molecule has 4 nitrogen and oxygen atoms in total. The minimum absolute atomic E-state index is 0.558. The van der Waals surface area contributed by atoms with Gasteiger partial charge in [-0.15, -0.1) is 0 Å². The molecule has 1 N–H and O–H groups in total. The molecule has 5 heteroatoms. The van der Waals surface area contributed by atoms with Crippen LogP contribution in [-0.2, 0) is 0 Å². The number of rotatable bonds is 4. The highest BCUT2D eigenvalue weighted by Crippen LogP contribution is 2.28. The molecule has 0 aliphatic carbocycles. The number of nitrogens with one attached hydrogen (secondary N) is 1. The lowest BCUT2D eigenvalue weighted by molar-refractivity contribution is 0.375. The molecule has 2 atom stereocenters. The lowest BCUT2D eigenvalue weighted by Crippen LogP contribution is -2.40. The van der Waals surface area contributed by atoms with Crippen molar-refractivity contribution in [2.45, 2.75) is 44.8 Å². The molecule has 0 amide bonds. The van der Waals surface area contributed by atoms with E-state index in [4.69, 9.17) is 0 Å². The van der Waals surface area contributed by atoms with Crippen LogP contribution in [0.4, 0.5) is 11.6 Å². The van der Waals surface area contributed by atoms with E-state index in [0.717, 1.165) is 35.8 Å². The van der Waals surface area contributed by atoms with E-state index in [1.54, 1.807) is 11.8 Å². The molecular weight excluding hydrogens is 256 g/mol. The number of aromatic nitrogens is 2. The molecule has 1 aromatic rings. The Balaban J connectivity index is 2.25. The van der Waals surface area contributed by atoms with Gasteiger partial charge in [-0.2, -0.15) is 0 Å². The molecule has 0 bridgehead atoms. The number of anilines is 2. The van der Waals surface area contributed by atoms with E-state index < -0.39 is 0 Å². The van der Waals surface area contributed by atoms with E-state index in [2.05, 4.69) is 47.0 Å². The van der Waals surface area contributed by atoms with Gasteiger partial charge in [0, 0.05) is 25.2 Å². The lowest BCUT2D eigenvalue weighted by Gasteiger charge is -2.37. The minimum atomic E-state index is 0.558. The largest absolute Gasteiger partial charge is 0.370 e. The number of nitrogens with zero attached hydrogens (tertiary/aromatic N) is 3. The summed E-state index contributed by atoms with van der Waals surface area (Å²) in [5.74, 6) is 2.82. The highest BCUT2D eigenvalue weighted by molar-refractivity contribution is 7.98. The highest BCUT2D eigenvalue weighted by Gasteiger charge is 2.24. The third-order valence-electron chi connectivity index (χ3n) is 3.67. The van der Waals surface area contributed by atoms with Gasteiger partial charge in [-0.25, -0.2) is 9.97 Å². The van der Waals surface area contributed by atoms with E-state index in [1.165, 1.54) is 12.8 Å². The van der Waals surface area contributed by atoms with Crippen molar-refractivity contribution in [2.24, 2.45) is 5.92 Å². The molecule has 0 radical (unpaired) electrons. The van der Waals surface area contributed by atoms with Crippen LogP contribution in [-0.4, -0.2) is 35.4 Å². The summed E-state index contributed by atoms with van der Waals surface area (Å²) in [6.07, 6.45) is 4.52. The van der Waals surface area contributed by atoms with Crippen LogP contribution < -0.4 is 10.2 Å². The Morgan fingerprint density at radius 2 is 2.21 bits per heavy atom. The van der Waals surface area contributed by atoms with Gasteiger partial charge in [-0.05, 0) is 38.9 Å². The first-order chi connectivity index (χ1) is 9.13. The SMILES string of the molecule is CCNc1cc(N2CCC(C)CC2C)nc(SC)n1. The molecule has 106 valence electrons. The first-order valence-electron chi connectivity index (χ1n) is 7.07. The summed E-state index contributed by atoms with van der Waals surface area (Å²) in [5, 5.41) is 4.14. The van der Waals surface area contributed by atoms with Crippen LogP contribution in [0.5, 0.6) is 0 Å². The van der Waals surface area contributed by atoms with Gasteiger partial charge in [0.1, 0.15) is 11.6 Å². The minimum Gasteiger partial charge on any atom is -0.370 e. The molecule has 0 aromatic carbocycles. The summed E-state index contributed by atoms with van der Waals surface area (Å²) in [6.45, 7) is 8.70. The van der Waals surface area contributed by atoms with Crippen molar-refractivity contribution in [3.8, 4) is 0 Å². The quantitative estimate of drug-likeness (QED) is 0.677. The maximum atomic E-state index is 4.67. The van der Waals surface area contributed by atoms with Crippen molar-refractivity contribution in [3.05, 3.63) is 6.07 Å². The zero-order valence-electron chi connectivity index (χ0n) is 12.3. The molecule has 2 heterocycles. The Hall–Kier alpha value is -0.970. The molecule has 1 aliphatic heterocycles. The smallest absolute Gasteiger partial charge is 0.191 e. The van der Waals surface area contributed by atoms with Crippen molar-refractivity contribution < 1.29 is 0 Å². The number of thioether (sulfide) groups is 1. The van der Waals surface area contributed by atoms with Crippen LogP contribution in [0, 0.1) is 5.92 Å². The maximum absolute atomic E-state index is 4.67. The Morgan fingerprint density at radius 1 is 1.42 bits per heavy atom. The third kappa shape index (κ3) is 3.53. The standard InChI is InChI=1S/C14H24N4S/c1-5-15-12-9-13(17-14(16-12)19-4)18-7-6-10(2)8-11(18)3/h9-11H,5-8H2,1-4H3,(H,15,16,17). The zero-order chi connectivity index (χ0) is 13.8. The molecule has 1 aromatic heterocycles. The van der Waals surface area contributed by atoms with Crippen LogP contribution in [0.3, 0.4) is 0 Å². The Labute approximate surface area is 120 Å². The van der Waals surface area contributed by atoms with Crippen LogP contribution in [0.1, 0.15) is 33.6 Å². The van der Waals surface area contributed by atoms with Gasteiger partial charge in [0.15, 0.2) is 5.16 Å². The summed E-state index contributed by atoms with van der Waals surface area (Å²) in [5.41, 5.74) is 0. The van der Waals surface area contributed by atoms with Gasteiger partial charge in [-0.3, -0.25) is 0 Å². The number of hydrogen-bond acceptors (Lipinski definition) is 5. The zero-order valence-corrected chi connectivity index (χ0v) is 13.1. The van der Waals surface area contributed by atoms with Gasteiger partial charge >= 0.3 is 0 Å². The monoisotopic (exact) mass is 280 g/mol. The highest BCUT2D eigenvalue weighted by atomic mass is 32.2. The fraction of sp³-hybridized carbons (Fsp3) is 0.714. The Morgan fingerprint density at radius 3 is 2.84 bits per heavy atom. The summed E-state index contributed by atoms with van der Waals surface area (Å²) in [7, 11) is 0. The van der Waals surface area contributed by atoms with Gasteiger partial charge in [0.2, 0.25) is 0 Å². The lowest BCUT2D eigenvalue weighted by atomic mass is 9.93. The second-order valence-corrected chi connectivity index (χ2v) is 6.07. The van der Waals surface area contributed by atoms with Crippen molar-refractivity contribution in [3.63, 3.8) is 0 Å². The van der Waals surface area contributed by atoms with Crippen molar-refractivity contribution in [1.82, 2.24) is 9.97 Å². The average Bonchev–Trinajstić information content (AvgIpc) is 2.38. The fourth-order valence-corrected chi connectivity index (χ4v) is 3.05. The molecular formula is C14H24N4S. The first kappa shape index (κ1) is 14.4. The van der Waals surface area contributed by atoms with Crippen molar-refractivity contribution >= 4 is 23.4 Å². The molecule has 1 saturated heterocycles. The van der Waals surface area contributed by atoms with Crippen molar-refractivity contribution in [2.75, 3.05) is 29.6 Å². The second kappa shape index (κ2) is 6.46. The van der Waals surface area contributed by atoms with Crippen LogP contribution >= 0.6 is 11.8 Å². The molecule has 19 heavy (non-hydrogen) atoms. The number of piperidine rings is 1. The normalized spacial score (nSPS) is 23.5. The Kier molecular flexibility index (Phi) is 4.91.